The van der Waals surface area contributed by atoms with Crippen molar-refractivity contribution in [2.75, 3.05) is 0 Å². The molecule has 1 aromatic carbocycles. The summed E-state index contributed by atoms with van der Waals surface area (Å²) in [5.74, 6) is 0. The van der Waals surface area contributed by atoms with Gasteiger partial charge in [-0.1, -0.05) is 6.07 Å². The van der Waals surface area contributed by atoms with E-state index in [-0.39, 0.29) is 0 Å². The Hall–Kier alpha value is -1.17. The summed E-state index contributed by atoms with van der Waals surface area (Å²) in [5.41, 5.74) is 3.05. The average Bonchev–Trinajstić information content (AvgIpc) is 2.83. The van der Waals surface area contributed by atoms with Gasteiger partial charge in [0.2, 0.25) is 10.0 Å². The van der Waals surface area contributed by atoms with Crippen LogP contribution in [0.15, 0.2) is 39.9 Å². The zero-order valence-electron chi connectivity index (χ0n) is 10.3. The van der Waals surface area contributed by atoms with E-state index in [0.29, 0.717) is 11.4 Å². The summed E-state index contributed by atoms with van der Waals surface area (Å²) in [5, 5.41) is 3.86. The fourth-order valence-electron chi connectivity index (χ4n) is 1.54. The van der Waals surface area contributed by atoms with Gasteiger partial charge in [0.15, 0.2) is 0 Å². The zero-order chi connectivity index (χ0) is 13.2. The molecule has 5 heteroatoms. The van der Waals surface area contributed by atoms with Crippen LogP contribution in [0.2, 0.25) is 0 Å². The molecule has 0 atom stereocenters. The fourth-order valence-corrected chi connectivity index (χ4v) is 3.31. The normalized spacial score (nSPS) is 11.7. The predicted molar refractivity (Wildman–Crippen MR) is 74.3 cm³/mol. The van der Waals surface area contributed by atoms with Crippen molar-refractivity contribution in [3.63, 3.8) is 0 Å². The Bertz CT molecular complexity index is 631. The van der Waals surface area contributed by atoms with Gasteiger partial charge in [0.1, 0.15) is 0 Å². The highest BCUT2D eigenvalue weighted by atomic mass is 32.2. The van der Waals surface area contributed by atoms with Crippen molar-refractivity contribution in [3.05, 3.63) is 51.7 Å². The van der Waals surface area contributed by atoms with Gasteiger partial charge in [0, 0.05) is 6.54 Å². The van der Waals surface area contributed by atoms with Gasteiger partial charge < -0.3 is 0 Å². The third-order valence-electron chi connectivity index (χ3n) is 2.84. The molecule has 2 rings (SSSR count). The smallest absolute Gasteiger partial charge is 0.207 e. The maximum atomic E-state index is 12.1. The number of nitrogens with one attached hydrogen (secondary N) is 1. The average molecular weight is 281 g/mol. The van der Waals surface area contributed by atoms with E-state index in [1.165, 1.54) is 0 Å². The molecule has 0 fully saturated rings. The Labute approximate surface area is 112 Å². The molecule has 96 valence electrons. The molecule has 18 heavy (non-hydrogen) atoms. The highest BCUT2D eigenvalue weighted by molar-refractivity contribution is 7.89. The van der Waals surface area contributed by atoms with Gasteiger partial charge in [-0.15, -0.1) is 0 Å². The Balaban J connectivity index is 2.17. The van der Waals surface area contributed by atoms with E-state index >= 15 is 0 Å². The molecule has 1 aromatic heterocycles. The number of thiophene rings is 1. The van der Waals surface area contributed by atoms with Gasteiger partial charge in [-0.3, -0.25) is 0 Å². The van der Waals surface area contributed by atoms with E-state index in [1.54, 1.807) is 23.5 Å². The van der Waals surface area contributed by atoms with Gasteiger partial charge in [0.25, 0.3) is 0 Å². The van der Waals surface area contributed by atoms with Crippen LogP contribution in [0.5, 0.6) is 0 Å². The van der Waals surface area contributed by atoms with E-state index < -0.39 is 10.0 Å². The van der Waals surface area contributed by atoms with Gasteiger partial charge in [-0.25, -0.2) is 13.1 Å². The number of hydrogen-bond acceptors (Lipinski definition) is 3. The molecular formula is C13H15NO2S2. The minimum absolute atomic E-state index is 0.320. The van der Waals surface area contributed by atoms with Gasteiger partial charge in [-0.05, 0) is 59.5 Å². The third-order valence-corrected chi connectivity index (χ3v) is 4.97. The Kier molecular flexibility index (Phi) is 3.85. The summed E-state index contributed by atoms with van der Waals surface area (Å²) in [6.45, 7) is 4.20. The Morgan fingerprint density at radius 1 is 1.17 bits per heavy atom. The summed E-state index contributed by atoms with van der Waals surface area (Å²) in [4.78, 5) is 0.320. The first kappa shape index (κ1) is 13.3. The van der Waals surface area contributed by atoms with Crippen LogP contribution in [0, 0.1) is 13.8 Å². The van der Waals surface area contributed by atoms with E-state index in [1.807, 2.05) is 36.7 Å². The van der Waals surface area contributed by atoms with E-state index in [0.717, 1.165) is 16.7 Å². The van der Waals surface area contributed by atoms with Gasteiger partial charge >= 0.3 is 0 Å². The molecule has 0 saturated carbocycles. The number of hydrogen-bond donors (Lipinski definition) is 1. The third kappa shape index (κ3) is 2.98. The SMILES string of the molecule is Cc1ccc(S(=O)(=O)NCc2ccsc2)cc1C. The van der Waals surface area contributed by atoms with Gasteiger partial charge in [-0.2, -0.15) is 11.3 Å². The summed E-state index contributed by atoms with van der Waals surface area (Å²) < 4.78 is 26.8. The number of sulfonamides is 1. The first-order chi connectivity index (χ1) is 8.49. The van der Waals surface area contributed by atoms with Crippen LogP contribution in [0.25, 0.3) is 0 Å². The van der Waals surface area contributed by atoms with Crippen molar-refractivity contribution in [1.29, 1.82) is 0 Å². The van der Waals surface area contributed by atoms with Crippen LogP contribution in [-0.2, 0) is 16.6 Å². The predicted octanol–water partition coefficient (Wildman–Crippen LogP) is 2.84. The molecule has 0 spiro atoms. The number of aryl methyl sites for hydroxylation is 2. The molecule has 2 aromatic rings. The second-order valence-electron chi connectivity index (χ2n) is 4.20. The molecule has 0 bridgehead atoms. The molecule has 3 nitrogen and oxygen atoms in total. The maximum absolute atomic E-state index is 12.1. The lowest BCUT2D eigenvalue weighted by Crippen LogP contribution is -2.23. The van der Waals surface area contributed by atoms with Crippen LogP contribution >= 0.6 is 11.3 Å². The molecule has 0 radical (unpaired) electrons. The summed E-state index contributed by atoms with van der Waals surface area (Å²) in [6, 6.07) is 7.08. The molecular weight excluding hydrogens is 266 g/mol. The van der Waals surface area contributed by atoms with Crippen molar-refractivity contribution >= 4 is 21.4 Å². The minimum atomic E-state index is -3.42. The van der Waals surface area contributed by atoms with Crippen LogP contribution in [0.1, 0.15) is 16.7 Å². The first-order valence-corrected chi connectivity index (χ1v) is 7.99. The largest absolute Gasteiger partial charge is 0.240 e. The second-order valence-corrected chi connectivity index (χ2v) is 6.75. The van der Waals surface area contributed by atoms with Crippen LogP contribution in [-0.4, -0.2) is 8.42 Å². The Morgan fingerprint density at radius 3 is 2.56 bits per heavy atom. The number of rotatable bonds is 4. The highest BCUT2D eigenvalue weighted by Gasteiger charge is 2.14. The lowest BCUT2D eigenvalue weighted by atomic mass is 10.1. The van der Waals surface area contributed by atoms with Crippen LogP contribution < -0.4 is 4.72 Å². The highest BCUT2D eigenvalue weighted by Crippen LogP contribution is 2.15. The summed E-state index contributed by atoms with van der Waals surface area (Å²) >= 11 is 1.56. The van der Waals surface area contributed by atoms with Crippen molar-refractivity contribution in [1.82, 2.24) is 4.72 Å². The first-order valence-electron chi connectivity index (χ1n) is 5.57. The lowest BCUT2D eigenvalue weighted by Gasteiger charge is -2.08. The second kappa shape index (κ2) is 5.22. The van der Waals surface area contributed by atoms with Gasteiger partial charge in [0.05, 0.1) is 4.90 Å². The Morgan fingerprint density at radius 2 is 1.94 bits per heavy atom. The quantitative estimate of drug-likeness (QED) is 0.936. The molecule has 1 N–H and O–H groups in total. The zero-order valence-corrected chi connectivity index (χ0v) is 11.9. The van der Waals surface area contributed by atoms with Crippen molar-refractivity contribution in [3.8, 4) is 0 Å². The van der Waals surface area contributed by atoms with Crippen molar-refractivity contribution in [2.45, 2.75) is 25.3 Å². The van der Waals surface area contributed by atoms with E-state index in [4.69, 9.17) is 0 Å². The minimum Gasteiger partial charge on any atom is -0.207 e. The fraction of sp³-hybridized carbons (Fsp3) is 0.231. The molecule has 0 aliphatic heterocycles. The maximum Gasteiger partial charge on any atom is 0.240 e. The van der Waals surface area contributed by atoms with Crippen LogP contribution in [0.3, 0.4) is 0 Å². The topological polar surface area (TPSA) is 46.2 Å². The molecule has 0 amide bonds. The van der Waals surface area contributed by atoms with E-state index in [2.05, 4.69) is 4.72 Å². The van der Waals surface area contributed by atoms with E-state index in [9.17, 15) is 8.42 Å². The van der Waals surface area contributed by atoms with Crippen LogP contribution in [0.4, 0.5) is 0 Å². The van der Waals surface area contributed by atoms with Crippen molar-refractivity contribution in [2.24, 2.45) is 0 Å². The molecule has 0 aliphatic carbocycles. The molecule has 0 saturated heterocycles. The molecule has 0 unspecified atom stereocenters. The van der Waals surface area contributed by atoms with Crippen molar-refractivity contribution < 1.29 is 8.42 Å². The lowest BCUT2D eigenvalue weighted by molar-refractivity contribution is 0.581. The summed E-state index contributed by atoms with van der Waals surface area (Å²) in [7, 11) is -3.42. The molecule has 0 aliphatic rings. The summed E-state index contributed by atoms with van der Waals surface area (Å²) in [6.07, 6.45) is 0. The molecule has 1 heterocycles. The number of benzene rings is 1. The monoisotopic (exact) mass is 281 g/mol. The standard InChI is InChI=1S/C13H15NO2S2/c1-10-3-4-13(7-11(10)2)18(15,16)14-8-12-5-6-17-9-12/h3-7,9,14H,8H2,1-2H3.